The number of hydrogen-bond donors (Lipinski definition) is 0. The van der Waals surface area contributed by atoms with Gasteiger partial charge in [-0.25, -0.2) is 0 Å². The standard InChI is InChI=1S/C19H28N2/c1-2-4-17(5-3-1)15-21-13-10-19(16-21)8-11-20(12-9-19)14-18-6-7-18/h1-5,18H,6-16H2. The fourth-order valence-electron chi connectivity index (χ4n) is 4.29. The maximum atomic E-state index is 2.74. The van der Waals surface area contributed by atoms with Gasteiger partial charge in [-0.3, -0.25) is 4.90 Å². The molecule has 3 aliphatic rings. The van der Waals surface area contributed by atoms with E-state index in [0.29, 0.717) is 5.41 Å². The third-order valence-electron chi connectivity index (χ3n) is 5.90. The van der Waals surface area contributed by atoms with E-state index in [0.717, 1.165) is 12.5 Å². The van der Waals surface area contributed by atoms with Gasteiger partial charge in [-0.2, -0.15) is 0 Å². The average molecular weight is 284 g/mol. The molecule has 21 heavy (non-hydrogen) atoms. The van der Waals surface area contributed by atoms with Crippen molar-refractivity contribution in [1.82, 2.24) is 9.80 Å². The van der Waals surface area contributed by atoms with Gasteiger partial charge in [0.05, 0.1) is 0 Å². The lowest BCUT2D eigenvalue weighted by molar-refractivity contribution is 0.103. The predicted molar refractivity (Wildman–Crippen MR) is 87.2 cm³/mol. The average Bonchev–Trinajstić information content (AvgIpc) is 3.25. The molecule has 1 aromatic rings. The summed E-state index contributed by atoms with van der Waals surface area (Å²) < 4.78 is 0. The molecule has 114 valence electrons. The molecule has 1 aliphatic carbocycles. The summed E-state index contributed by atoms with van der Waals surface area (Å²) in [7, 11) is 0. The van der Waals surface area contributed by atoms with E-state index in [1.165, 1.54) is 70.4 Å². The van der Waals surface area contributed by atoms with Crippen LogP contribution >= 0.6 is 0 Å². The van der Waals surface area contributed by atoms with Crippen LogP contribution in [0.2, 0.25) is 0 Å². The van der Waals surface area contributed by atoms with Crippen LogP contribution in [-0.2, 0) is 6.54 Å². The summed E-state index contributed by atoms with van der Waals surface area (Å²) >= 11 is 0. The predicted octanol–water partition coefficient (Wildman–Crippen LogP) is 3.38. The molecular formula is C19H28N2. The van der Waals surface area contributed by atoms with E-state index in [9.17, 15) is 0 Å². The van der Waals surface area contributed by atoms with Crippen LogP contribution < -0.4 is 0 Å². The van der Waals surface area contributed by atoms with E-state index in [2.05, 4.69) is 40.1 Å². The van der Waals surface area contributed by atoms with Gasteiger partial charge in [-0.05, 0) is 68.6 Å². The number of likely N-dealkylation sites (tertiary alicyclic amines) is 2. The van der Waals surface area contributed by atoms with Gasteiger partial charge in [0.15, 0.2) is 0 Å². The molecule has 0 atom stereocenters. The lowest BCUT2D eigenvalue weighted by atomic mass is 9.77. The molecule has 4 rings (SSSR count). The van der Waals surface area contributed by atoms with E-state index in [-0.39, 0.29) is 0 Å². The summed E-state index contributed by atoms with van der Waals surface area (Å²) in [4.78, 5) is 5.43. The molecule has 3 fully saturated rings. The highest BCUT2D eigenvalue weighted by Gasteiger charge is 2.40. The molecule has 2 aliphatic heterocycles. The molecule has 0 radical (unpaired) electrons. The smallest absolute Gasteiger partial charge is 0.0233 e. The molecule has 2 saturated heterocycles. The third-order valence-corrected chi connectivity index (χ3v) is 5.90. The summed E-state index contributed by atoms with van der Waals surface area (Å²) in [5, 5.41) is 0. The van der Waals surface area contributed by atoms with Gasteiger partial charge in [0, 0.05) is 19.6 Å². The zero-order chi connectivity index (χ0) is 14.1. The minimum atomic E-state index is 0.648. The SMILES string of the molecule is c1ccc(CN2CCC3(CCN(CC4CC4)CC3)C2)cc1. The summed E-state index contributed by atoms with van der Waals surface area (Å²) in [5.41, 5.74) is 2.12. The van der Waals surface area contributed by atoms with Crippen LogP contribution in [-0.4, -0.2) is 42.5 Å². The Morgan fingerprint density at radius 1 is 0.905 bits per heavy atom. The fourth-order valence-corrected chi connectivity index (χ4v) is 4.29. The second-order valence-corrected chi connectivity index (χ2v) is 7.69. The van der Waals surface area contributed by atoms with E-state index in [1.54, 1.807) is 0 Å². The first-order valence-corrected chi connectivity index (χ1v) is 8.80. The molecule has 1 saturated carbocycles. The highest BCUT2D eigenvalue weighted by Crippen LogP contribution is 2.41. The number of piperidine rings is 1. The van der Waals surface area contributed by atoms with Gasteiger partial charge in [0.1, 0.15) is 0 Å². The molecule has 0 unspecified atom stereocenters. The first kappa shape index (κ1) is 13.8. The molecule has 0 N–H and O–H groups in total. The van der Waals surface area contributed by atoms with Crippen molar-refractivity contribution < 1.29 is 0 Å². The van der Waals surface area contributed by atoms with Crippen LogP contribution in [0, 0.1) is 11.3 Å². The highest BCUT2D eigenvalue weighted by atomic mass is 15.2. The second kappa shape index (κ2) is 5.73. The largest absolute Gasteiger partial charge is 0.303 e. The lowest BCUT2D eigenvalue weighted by Crippen LogP contribution is -2.42. The van der Waals surface area contributed by atoms with E-state index >= 15 is 0 Å². The molecule has 2 heteroatoms. The summed E-state index contributed by atoms with van der Waals surface area (Å²) in [6.07, 6.45) is 7.28. The van der Waals surface area contributed by atoms with E-state index < -0.39 is 0 Å². The summed E-state index contributed by atoms with van der Waals surface area (Å²) in [5.74, 6) is 1.05. The second-order valence-electron chi connectivity index (χ2n) is 7.69. The molecule has 0 bridgehead atoms. The molecule has 2 nitrogen and oxygen atoms in total. The van der Waals surface area contributed by atoms with Crippen molar-refractivity contribution in [3.05, 3.63) is 35.9 Å². The van der Waals surface area contributed by atoms with Gasteiger partial charge in [0.25, 0.3) is 0 Å². The zero-order valence-electron chi connectivity index (χ0n) is 13.1. The Morgan fingerprint density at radius 2 is 1.57 bits per heavy atom. The minimum Gasteiger partial charge on any atom is -0.303 e. The first-order chi connectivity index (χ1) is 10.3. The van der Waals surface area contributed by atoms with Gasteiger partial charge in [-0.1, -0.05) is 30.3 Å². The van der Waals surface area contributed by atoms with Crippen molar-refractivity contribution in [1.29, 1.82) is 0 Å². The maximum Gasteiger partial charge on any atom is 0.0233 e. The quantitative estimate of drug-likeness (QED) is 0.836. The van der Waals surface area contributed by atoms with Crippen LogP contribution in [0.1, 0.15) is 37.7 Å². The van der Waals surface area contributed by atoms with E-state index in [4.69, 9.17) is 0 Å². The van der Waals surface area contributed by atoms with Crippen LogP contribution in [0.25, 0.3) is 0 Å². The zero-order valence-corrected chi connectivity index (χ0v) is 13.1. The number of rotatable bonds is 4. The fraction of sp³-hybridized carbons (Fsp3) is 0.684. The minimum absolute atomic E-state index is 0.648. The number of hydrogen-bond acceptors (Lipinski definition) is 2. The Balaban J connectivity index is 1.29. The monoisotopic (exact) mass is 284 g/mol. The van der Waals surface area contributed by atoms with Crippen LogP contribution in [0.15, 0.2) is 30.3 Å². The number of benzene rings is 1. The number of nitrogens with zero attached hydrogens (tertiary/aromatic N) is 2. The lowest BCUT2D eigenvalue weighted by Gasteiger charge is -2.39. The van der Waals surface area contributed by atoms with Gasteiger partial charge in [0.2, 0.25) is 0 Å². The molecule has 1 spiro atoms. The summed E-state index contributed by atoms with van der Waals surface area (Å²) in [6.45, 7) is 7.89. The van der Waals surface area contributed by atoms with Gasteiger partial charge in [-0.15, -0.1) is 0 Å². The topological polar surface area (TPSA) is 6.48 Å². The van der Waals surface area contributed by atoms with Gasteiger partial charge >= 0.3 is 0 Å². The van der Waals surface area contributed by atoms with Crippen molar-refractivity contribution in [2.24, 2.45) is 11.3 Å². The Bertz CT molecular complexity index is 458. The Morgan fingerprint density at radius 3 is 2.24 bits per heavy atom. The first-order valence-electron chi connectivity index (χ1n) is 8.80. The van der Waals surface area contributed by atoms with Crippen molar-refractivity contribution >= 4 is 0 Å². The van der Waals surface area contributed by atoms with Gasteiger partial charge < -0.3 is 4.90 Å². The molecule has 0 amide bonds. The van der Waals surface area contributed by atoms with Crippen LogP contribution in [0.4, 0.5) is 0 Å². The van der Waals surface area contributed by atoms with Crippen molar-refractivity contribution in [3.63, 3.8) is 0 Å². The molecule has 2 heterocycles. The van der Waals surface area contributed by atoms with Crippen LogP contribution in [0.5, 0.6) is 0 Å². The Labute approximate surface area is 129 Å². The van der Waals surface area contributed by atoms with Crippen molar-refractivity contribution in [2.45, 2.75) is 38.6 Å². The Hall–Kier alpha value is -0.860. The van der Waals surface area contributed by atoms with E-state index in [1.807, 2.05) is 0 Å². The van der Waals surface area contributed by atoms with Crippen molar-refractivity contribution in [2.75, 3.05) is 32.7 Å². The highest BCUT2D eigenvalue weighted by molar-refractivity contribution is 5.15. The Kier molecular flexibility index (Phi) is 3.76. The molecule has 1 aromatic carbocycles. The van der Waals surface area contributed by atoms with Crippen LogP contribution in [0.3, 0.4) is 0 Å². The van der Waals surface area contributed by atoms with Crippen molar-refractivity contribution in [3.8, 4) is 0 Å². The summed E-state index contributed by atoms with van der Waals surface area (Å²) in [6, 6.07) is 11.0. The third kappa shape index (κ3) is 3.32. The normalized spacial score (nSPS) is 26.5. The maximum absolute atomic E-state index is 2.74. The molecule has 0 aromatic heterocycles. The molecular weight excluding hydrogens is 256 g/mol.